The second-order valence-corrected chi connectivity index (χ2v) is 8.22. The molecule has 1 nitrogen and oxygen atoms in total. The predicted octanol–water partition coefficient (Wildman–Crippen LogP) is 8.74. The fourth-order valence-corrected chi connectivity index (χ4v) is 4.44. The molecule has 1 aromatic heterocycles. The van der Waals surface area contributed by atoms with E-state index in [2.05, 4.69) is 87.7 Å². The lowest BCUT2D eigenvalue weighted by Gasteiger charge is -2.17. The Kier molecular flexibility index (Phi) is 6.23. The summed E-state index contributed by atoms with van der Waals surface area (Å²) < 4.78 is 5.99. The molecule has 0 saturated heterocycles. The second-order valence-electron chi connectivity index (χ2n) is 8.22. The lowest BCUT2D eigenvalue weighted by molar-refractivity contribution is 0.596. The quantitative estimate of drug-likeness (QED) is 0.267. The van der Waals surface area contributed by atoms with Crippen LogP contribution in [0.2, 0.25) is 0 Å². The fourth-order valence-electron chi connectivity index (χ4n) is 4.44. The first kappa shape index (κ1) is 20.9. The third-order valence-corrected chi connectivity index (χ3v) is 6.29. The highest BCUT2D eigenvalue weighted by Crippen LogP contribution is 2.33. The van der Waals surface area contributed by atoms with Crippen molar-refractivity contribution in [3.63, 3.8) is 0 Å². The zero-order valence-electron chi connectivity index (χ0n) is 18.5. The molecule has 0 radical (unpaired) electrons. The highest BCUT2D eigenvalue weighted by Gasteiger charge is 2.13. The predicted molar refractivity (Wildman–Crippen MR) is 134 cm³/mol. The van der Waals surface area contributed by atoms with Gasteiger partial charge in [-0.05, 0) is 65.6 Å². The van der Waals surface area contributed by atoms with Crippen molar-refractivity contribution in [1.29, 1.82) is 0 Å². The molecule has 0 aliphatic carbocycles. The maximum Gasteiger partial charge on any atom is 0.135 e. The van der Waals surface area contributed by atoms with Crippen molar-refractivity contribution in [3.8, 4) is 0 Å². The third kappa shape index (κ3) is 4.27. The summed E-state index contributed by atoms with van der Waals surface area (Å²) in [5.74, 6) is 0.540. The minimum Gasteiger partial charge on any atom is -0.456 e. The van der Waals surface area contributed by atoms with Crippen molar-refractivity contribution in [2.75, 3.05) is 0 Å². The van der Waals surface area contributed by atoms with Crippen LogP contribution in [0.3, 0.4) is 0 Å². The van der Waals surface area contributed by atoms with Gasteiger partial charge in [0.1, 0.15) is 11.2 Å². The summed E-state index contributed by atoms with van der Waals surface area (Å²) in [6, 6.07) is 23.3. The van der Waals surface area contributed by atoms with E-state index in [1.807, 2.05) is 18.2 Å². The molecule has 0 aliphatic heterocycles. The molecular formula is C30H30O. The van der Waals surface area contributed by atoms with Gasteiger partial charge in [-0.3, -0.25) is 0 Å². The van der Waals surface area contributed by atoms with Crippen molar-refractivity contribution in [2.45, 2.75) is 33.1 Å². The summed E-state index contributed by atoms with van der Waals surface area (Å²) >= 11 is 0. The Morgan fingerprint density at radius 2 is 1.71 bits per heavy atom. The summed E-state index contributed by atoms with van der Waals surface area (Å²) in [5, 5.41) is 2.29. The van der Waals surface area contributed by atoms with Gasteiger partial charge >= 0.3 is 0 Å². The van der Waals surface area contributed by atoms with E-state index in [-0.39, 0.29) is 0 Å². The van der Waals surface area contributed by atoms with Crippen LogP contribution >= 0.6 is 0 Å². The van der Waals surface area contributed by atoms with Crippen LogP contribution in [-0.2, 0) is 6.42 Å². The largest absolute Gasteiger partial charge is 0.456 e. The molecule has 0 bridgehead atoms. The van der Waals surface area contributed by atoms with E-state index in [9.17, 15) is 0 Å². The molecule has 0 spiro atoms. The lowest BCUT2D eigenvalue weighted by Crippen LogP contribution is -2.03. The topological polar surface area (TPSA) is 13.1 Å². The van der Waals surface area contributed by atoms with Crippen LogP contribution in [-0.4, -0.2) is 0 Å². The molecule has 0 unspecified atom stereocenters. The normalized spacial score (nSPS) is 12.9. The maximum absolute atomic E-state index is 5.99. The molecular weight excluding hydrogens is 376 g/mol. The van der Waals surface area contributed by atoms with E-state index in [4.69, 9.17) is 4.42 Å². The molecule has 3 aromatic carbocycles. The minimum atomic E-state index is 0.540. The van der Waals surface area contributed by atoms with Gasteiger partial charge in [-0.25, -0.2) is 0 Å². The average Bonchev–Trinajstić information content (AvgIpc) is 3.18. The van der Waals surface area contributed by atoms with Crippen molar-refractivity contribution < 1.29 is 4.42 Å². The van der Waals surface area contributed by atoms with Gasteiger partial charge < -0.3 is 4.42 Å². The molecule has 1 heterocycles. The van der Waals surface area contributed by atoms with E-state index in [0.29, 0.717) is 5.92 Å². The van der Waals surface area contributed by atoms with Crippen molar-refractivity contribution in [3.05, 3.63) is 114 Å². The number of hydrogen-bond donors (Lipinski definition) is 0. The Balaban J connectivity index is 1.63. The molecule has 4 rings (SSSR count). The van der Waals surface area contributed by atoms with Crippen molar-refractivity contribution in [1.82, 2.24) is 0 Å². The SMILES string of the molecule is C=C/C=C(/CC)[C@@H](C)CCc1ccccc1C(=C)c1ccc2oc3ccccc3c2c1. The Morgan fingerprint density at radius 1 is 0.968 bits per heavy atom. The molecule has 4 aromatic rings. The zero-order chi connectivity index (χ0) is 21.8. The number of allylic oxidation sites excluding steroid dienone is 3. The second kappa shape index (κ2) is 9.22. The summed E-state index contributed by atoms with van der Waals surface area (Å²) in [6.07, 6.45) is 7.28. The fraction of sp³-hybridized carbons (Fsp3) is 0.200. The van der Waals surface area contributed by atoms with Crippen LogP contribution in [0.5, 0.6) is 0 Å². The van der Waals surface area contributed by atoms with Crippen LogP contribution in [0.4, 0.5) is 0 Å². The van der Waals surface area contributed by atoms with Gasteiger partial charge in [0.15, 0.2) is 0 Å². The van der Waals surface area contributed by atoms with E-state index in [0.717, 1.165) is 52.3 Å². The lowest BCUT2D eigenvalue weighted by atomic mass is 9.88. The van der Waals surface area contributed by atoms with Crippen LogP contribution in [0.25, 0.3) is 27.5 Å². The first-order valence-electron chi connectivity index (χ1n) is 11.1. The summed E-state index contributed by atoms with van der Waals surface area (Å²) in [4.78, 5) is 0. The van der Waals surface area contributed by atoms with E-state index in [1.165, 1.54) is 16.7 Å². The van der Waals surface area contributed by atoms with Gasteiger partial charge in [0.05, 0.1) is 0 Å². The Morgan fingerprint density at radius 3 is 2.52 bits per heavy atom. The van der Waals surface area contributed by atoms with Crippen LogP contribution in [0, 0.1) is 5.92 Å². The Bertz CT molecular complexity index is 1270. The number of para-hydroxylation sites is 1. The van der Waals surface area contributed by atoms with Gasteiger partial charge in [-0.15, -0.1) is 0 Å². The van der Waals surface area contributed by atoms with Gasteiger partial charge in [0.2, 0.25) is 0 Å². The summed E-state index contributed by atoms with van der Waals surface area (Å²) in [5.41, 5.74) is 8.09. The number of benzene rings is 3. The first-order valence-corrected chi connectivity index (χ1v) is 11.1. The number of rotatable bonds is 8. The van der Waals surface area contributed by atoms with Gasteiger partial charge in [-0.1, -0.05) is 93.3 Å². The molecule has 1 atom stereocenters. The summed E-state index contributed by atoms with van der Waals surface area (Å²) in [7, 11) is 0. The third-order valence-electron chi connectivity index (χ3n) is 6.29. The monoisotopic (exact) mass is 406 g/mol. The smallest absolute Gasteiger partial charge is 0.135 e. The van der Waals surface area contributed by atoms with Crippen molar-refractivity contribution in [2.24, 2.45) is 5.92 Å². The Hall–Kier alpha value is -3.32. The van der Waals surface area contributed by atoms with Crippen LogP contribution in [0.15, 0.2) is 102 Å². The minimum absolute atomic E-state index is 0.540. The molecule has 1 heteroatoms. The first-order chi connectivity index (χ1) is 15.1. The van der Waals surface area contributed by atoms with Crippen LogP contribution < -0.4 is 0 Å². The number of aryl methyl sites for hydroxylation is 1. The van der Waals surface area contributed by atoms with Crippen molar-refractivity contribution >= 4 is 27.5 Å². The van der Waals surface area contributed by atoms with E-state index in [1.54, 1.807) is 0 Å². The molecule has 0 saturated carbocycles. The molecule has 31 heavy (non-hydrogen) atoms. The number of fused-ring (bicyclic) bond motifs is 3. The molecule has 0 aliphatic rings. The number of furan rings is 1. The molecule has 0 fully saturated rings. The highest BCUT2D eigenvalue weighted by atomic mass is 16.3. The average molecular weight is 407 g/mol. The Labute approximate surface area is 185 Å². The standard InChI is InChI=1S/C30H30O/c1-5-11-23(6-2)21(3)16-17-24-12-7-8-13-26(24)22(4)25-18-19-30-28(20-25)27-14-9-10-15-29(27)31-30/h5,7-15,18-21H,1,4,6,16-17H2,2-3H3/b23-11-/t21-/m0/s1. The highest BCUT2D eigenvalue weighted by molar-refractivity contribution is 6.06. The van der Waals surface area contributed by atoms with Crippen LogP contribution in [0.1, 0.15) is 43.4 Å². The summed E-state index contributed by atoms with van der Waals surface area (Å²) in [6.45, 7) is 12.9. The number of hydrogen-bond acceptors (Lipinski definition) is 1. The zero-order valence-corrected chi connectivity index (χ0v) is 18.5. The van der Waals surface area contributed by atoms with Gasteiger partial charge in [0, 0.05) is 10.8 Å². The van der Waals surface area contributed by atoms with E-state index >= 15 is 0 Å². The molecule has 156 valence electrons. The van der Waals surface area contributed by atoms with Gasteiger partial charge in [-0.2, -0.15) is 0 Å². The van der Waals surface area contributed by atoms with E-state index < -0.39 is 0 Å². The van der Waals surface area contributed by atoms with Gasteiger partial charge in [0.25, 0.3) is 0 Å². The maximum atomic E-state index is 5.99. The molecule has 0 N–H and O–H groups in total. The molecule has 0 amide bonds.